The van der Waals surface area contributed by atoms with Crippen molar-refractivity contribution in [2.24, 2.45) is 0 Å². The van der Waals surface area contributed by atoms with Gasteiger partial charge in [0.15, 0.2) is 17.4 Å². The molecule has 0 N–H and O–H groups in total. The molecule has 5 heteroatoms. The number of rotatable bonds is 7. The van der Waals surface area contributed by atoms with Crippen LogP contribution in [0.2, 0.25) is 0 Å². The summed E-state index contributed by atoms with van der Waals surface area (Å²) >= 11 is 0. The Labute approximate surface area is 133 Å². The van der Waals surface area contributed by atoms with Gasteiger partial charge in [0.25, 0.3) is 0 Å². The van der Waals surface area contributed by atoms with Crippen LogP contribution in [0.25, 0.3) is 6.08 Å². The molecule has 0 aliphatic carbocycles. The third-order valence-electron chi connectivity index (χ3n) is 3.07. The van der Waals surface area contributed by atoms with Crippen LogP contribution in [0.5, 0.6) is 5.75 Å². The summed E-state index contributed by atoms with van der Waals surface area (Å²) in [7, 11) is 1.59. The maximum atomic E-state index is 13.1. The number of allylic oxidation sites excluding steroid dienone is 1. The molecule has 0 fully saturated rings. The van der Waals surface area contributed by atoms with Crippen LogP contribution in [0.1, 0.15) is 15.9 Å². The molecule has 23 heavy (non-hydrogen) atoms. The molecular weight excluding hydrogens is 302 g/mol. The molecule has 2 rings (SSSR count). The highest BCUT2D eigenvalue weighted by Crippen LogP contribution is 2.14. The van der Waals surface area contributed by atoms with E-state index in [2.05, 4.69) is 0 Å². The van der Waals surface area contributed by atoms with Crippen LogP contribution < -0.4 is 4.74 Å². The van der Waals surface area contributed by atoms with Crippen molar-refractivity contribution in [3.8, 4) is 5.75 Å². The molecule has 0 amide bonds. The number of halogens is 2. The molecule has 0 aromatic heterocycles. The van der Waals surface area contributed by atoms with Gasteiger partial charge in [0.05, 0.1) is 6.61 Å². The summed E-state index contributed by atoms with van der Waals surface area (Å²) < 4.78 is 36.2. The molecule has 0 heterocycles. The van der Waals surface area contributed by atoms with E-state index in [0.717, 1.165) is 12.1 Å². The second-order valence-electron chi connectivity index (χ2n) is 4.74. The van der Waals surface area contributed by atoms with Crippen molar-refractivity contribution < 1.29 is 23.0 Å². The Bertz CT molecular complexity index is 694. The Hall–Kier alpha value is -2.53. The normalized spacial score (nSPS) is 10.9. The first-order valence-corrected chi connectivity index (χ1v) is 6.99. The van der Waals surface area contributed by atoms with Crippen molar-refractivity contribution >= 4 is 11.9 Å². The first kappa shape index (κ1) is 16.8. The number of benzene rings is 2. The van der Waals surface area contributed by atoms with Gasteiger partial charge in [-0.25, -0.2) is 8.78 Å². The Morgan fingerprint density at radius 1 is 1.04 bits per heavy atom. The van der Waals surface area contributed by atoms with Gasteiger partial charge in [0.1, 0.15) is 12.4 Å². The molecule has 2 aromatic carbocycles. The average molecular weight is 318 g/mol. The van der Waals surface area contributed by atoms with E-state index in [1.54, 1.807) is 31.4 Å². The lowest BCUT2D eigenvalue weighted by molar-refractivity contribution is 0.104. The standard InChI is InChI=1S/C18H16F2O3/c1-22-10-11-23-15-6-4-14(5-7-15)18(21)9-3-13-2-8-16(19)17(20)12-13/h2-9,12H,10-11H2,1H3. The summed E-state index contributed by atoms with van der Waals surface area (Å²) in [5, 5.41) is 0. The number of ketones is 1. The van der Waals surface area contributed by atoms with Crippen molar-refractivity contribution in [3.63, 3.8) is 0 Å². The van der Waals surface area contributed by atoms with Crippen LogP contribution in [0.15, 0.2) is 48.5 Å². The van der Waals surface area contributed by atoms with Gasteiger partial charge >= 0.3 is 0 Å². The molecule has 0 saturated carbocycles. The monoisotopic (exact) mass is 318 g/mol. The van der Waals surface area contributed by atoms with Crippen LogP contribution in [0.3, 0.4) is 0 Å². The minimum Gasteiger partial charge on any atom is -0.491 e. The average Bonchev–Trinajstić information content (AvgIpc) is 2.56. The van der Waals surface area contributed by atoms with Crippen LogP contribution in [0.4, 0.5) is 8.78 Å². The summed E-state index contributed by atoms with van der Waals surface area (Å²) in [6.07, 6.45) is 2.75. The first-order chi connectivity index (χ1) is 11.1. The number of carbonyl (C=O) groups is 1. The molecule has 0 bridgehead atoms. The molecule has 2 aromatic rings. The highest BCUT2D eigenvalue weighted by molar-refractivity contribution is 6.06. The molecule has 0 atom stereocenters. The maximum Gasteiger partial charge on any atom is 0.185 e. The first-order valence-electron chi connectivity index (χ1n) is 6.99. The number of hydrogen-bond acceptors (Lipinski definition) is 3. The second-order valence-corrected chi connectivity index (χ2v) is 4.74. The predicted octanol–water partition coefficient (Wildman–Crippen LogP) is 3.89. The van der Waals surface area contributed by atoms with Gasteiger partial charge in [-0.15, -0.1) is 0 Å². The third kappa shape index (κ3) is 5.00. The number of carbonyl (C=O) groups excluding carboxylic acids is 1. The zero-order valence-electron chi connectivity index (χ0n) is 12.6. The van der Waals surface area contributed by atoms with Gasteiger partial charge < -0.3 is 9.47 Å². The van der Waals surface area contributed by atoms with Crippen LogP contribution >= 0.6 is 0 Å². The van der Waals surface area contributed by atoms with E-state index in [1.165, 1.54) is 18.2 Å². The third-order valence-corrected chi connectivity index (χ3v) is 3.07. The molecule has 3 nitrogen and oxygen atoms in total. The Morgan fingerprint density at radius 2 is 1.78 bits per heavy atom. The topological polar surface area (TPSA) is 35.5 Å². The Balaban J connectivity index is 1.99. The van der Waals surface area contributed by atoms with E-state index in [9.17, 15) is 13.6 Å². The zero-order valence-corrected chi connectivity index (χ0v) is 12.6. The molecule has 120 valence electrons. The maximum absolute atomic E-state index is 13.1. The summed E-state index contributed by atoms with van der Waals surface area (Å²) in [5.41, 5.74) is 0.889. The SMILES string of the molecule is COCCOc1ccc(C(=O)C=Cc2ccc(F)c(F)c2)cc1. The molecule has 0 radical (unpaired) electrons. The van der Waals surface area contributed by atoms with Crippen LogP contribution in [0, 0.1) is 11.6 Å². The molecule has 0 aliphatic rings. The lowest BCUT2D eigenvalue weighted by atomic mass is 10.1. The number of methoxy groups -OCH3 is 1. The van der Waals surface area contributed by atoms with Crippen molar-refractivity contribution in [1.82, 2.24) is 0 Å². The van der Waals surface area contributed by atoms with Gasteiger partial charge in [-0.2, -0.15) is 0 Å². The fourth-order valence-electron chi connectivity index (χ4n) is 1.84. The Kier molecular flexibility index (Phi) is 6.00. The summed E-state index contributed by atoms with van der Waals surface area (Å²) in [5.74, 6) is -1.46. The summed E-state index contributed by atoms with van der Waals surface area (Å²) in [6.45, 7) is 0.914. The van der Waals surface area contributed by atoms with E-state index in [0.29, 0.717) is 30.1 Å². The van der Waals surface area contributed by atoms with Gasteiger partial charge in [-0.05, 0) is 48.0 Å². The molecule has 0 aliphatic heterocycles. The largest absolute Gasteiger partial charge is 0.491 e. The predicted molar refractivity (Wildman–Crippen MR) is 83.5 cm³/mol. The quantitative estimate of drug-likeness (QED) is 0.441. The van der Waals surface area contributed by atoms with Gasteiger partial charge in [-0.1, -0.05) is 12.1 Å². The fraction of sp³-hybridized carbons (Fsp3) is 0.167. The van der Waals surface area contributed by atoms with Crippen molar-refractivity contribution in [1.29, 1.82) is 0 Å². The minimum atomic E-state index is -0.947. The van der Waals surface area contributed by atoms with E-state index >= 15 is 0 Å². The van der Waals surface area contributed by atoms with Crippen LogP contribution in [-0.2, 0) is 4.74 Å². The van der Waals surface area contributed by atoms with Gasteiger partial charge in [0, 0.05) is 12.7 Å². The fourth-order valence-corrected chi connectivity index (χ4v) is 1.84. The van der Waals surface area contributed by atoms with E-state index in [4.69, 9.17) is 9.47 Å². The summed E-state index contributed by atoms with van der Waals surface area (Å²) in [6, 6.07) is 10.1. The van der Waals surface area contributed by atoms with Gasteiger partial charge in [-0.3, -0.25) is 4.79 Å². The van der Waals surface area contributed by atoms with Crippen molar-refractivity contribution in [2.45, 2.75) is 0 Å². The smallest absolute Gasteiger partial charge is 0.185 e. The van der Waals surface area contributed by atoms with Crippen LogP contribution in [-0.4, -0.2) is 26.1 Å². The van der Waals surface area contributed by atoms with E-state index < -0.39 is 11.6 Å². The number of hydrogen-bond donors (Lipinski definition) is 0. The number of ether oxygens (including phenoxy) is 2. The molecule has 0 unspecified atom stereocenters. The van der Waals surface area contributed by atoms with Crippen molar-refractivity contribution in [2.75, 3.05) is 20.3 Å². The van der Waals surface area contributed by atoms with E-state index in [-0.39, 0.29) is 5.78 Å². The molecule has 0 saturated heterocycles. The highest BCUT2D eigenvalue weighted by Gasteiger charge is 2.04. The van der Waals surface area contributed by atoms with Crippen molar-refractivity contribution in [3.05, 3.63) is 71.3 Å². The second kappa shape index (κ2) is 8.19. The lowest BCUT2D eigenvalue weighted by Gasteiger charge is -2.05. The zero-order chi connectivity index (χ0) is 16.7. The summed E-state index contributed by atoms with van der Waals surface area (Å²) in [4.78, 5) is 12.0. The minimum absolute atomic E-state index is 0.238. The lowest BCUT2D eigenvalue weighted by Crippen LogP contribution is -2.04. The van der Waals surface area contributed by atoms with Gasteiger partial charge in [0.2, 0.25) is 0 Å². The Morgan fingerprint density at radius 3 is 2.43 bits per heavy atom. The molecular formula is C18H16F2O3. The van der Waals surface area contributed by atoms with E-state index in [1.807, 2.05) is 0 Å². The highest BCUT2D eigenvalue weighted by atomic mass is 19.2. The molecule has 0 spiro atoms.